The lowest BCUT2D eigenvalue weighted by Crippen LogP contribution is -2.52. The van der Waals surface area contributed by atoms with E-state index in [0.29, 0.717) is 11.4 Å². The lowest BCUT2D eigenvalue weighted by molar-refractivity contribution is -0.152. The van der Waals surface area contributed by atoms with E-state index in [9.17, 15) is 45.1 Å². The van der Waals surface area contributed by atoms with Gasteiger partial charge >= 0.3 is 12.4 Å². The highest BCUT2D eigenvalue weighted by atomic mass is 19.4. The third-order valence-electron chi connectivity index (χ3n) is 6.24. The maximum absolute atomic E-state index is 13.9. The van der Waals surface area contributed by atoms with Crippen LogP contribution in [0.15, 0.2) is 48.5 Å². The number of para-hydroxylation sites is 1. The van der Waals surface area contributed by atoms with Gasteiger partial charge in [-0.05, 0) is 43.2 Å². The van der Waals surface area contributed by atoms with Gasteiger partial charge in [0.25, 0.3) is 0 Å². The lowest BCUT2D eigenvalue weighted by Gasteiger charge is -2.29. The lowest BCUT2D eigenvalue weighted by atomic mass is 9.83. The van der Waals surface area contributed by atoms with E-state index >= 15 is 0 Å². The Morgan fingerprint density at radius 2 is 1.56 bits per heavy atom. The molecule has 39 heavy (non-hydrogen) atoms. The number of alkyl halides is 6. The molecule has 1 aliphatic heterocycles. The molecule has 0 fully saturated rings. The van der Waals surface area contributed by atoms with Gasteiger partial charge in [0.15, 0.2) is 0 Å². The fourth-order valence-electron chi connectivity index (χ4n) is 4.36. The fraction of sp³-hybridized carbons (Fsp3) is 0.400. The predicted molar refractivity (Wildman–Crippen MR) is 127 cm³/mol. The van der Waals surface area contributed by atoms with Crippen LogP contribution in [0.5, 0.6) is 0 Å². The Morgan fingerprint density at radius 1 is 0.974 bits per heavy atom. The summed E-state index contributed by atoms with van der Waals surface area (Å²) >= 11 is 0. The zero-order valence-electron chi connectivity index (χ0n) is 20.3. The van der Waals surface area contributed by atoms with Gasteiger partial charge in [0.2, 0.25) is 17.7 Å². The van der Waals surface area contributed by atoms with Crippen molar-refractivity contribution in [2.24, 2.45) is 17.6 Å². The first-order valence-electron chi connectivity index (χ1n) is 11.8. The van der Waals surface area contributed by atoms with Crippen LogP contribution in [0.2, 0.25) is 0 Å². The summed E-state index contributed by atoms with van der Waals surface area (Å²) in [7, 11) is 0. The van der Waals surface area contributed by atoms with E-state index in [0.717, 1.165) is 12.1 Å². The zero-order chi connectivity index (χ0) is 29.0. The summed E-state index contributed by atoms with van der Waals surface area (Å²) in [5.74, 6) is -7.91. The van der Waals surface area contributed by atoms with Gasteiger partial charge in [-0.25, -0.2) is 4.39 Å². The number of benzene rings is 2. The van der Waals surface area contributed by atoms with Gasteiger partial charge in [-0.3, -0.25) is 14.4 Å². The molecule has 0 saturated heterocycles. The number of halogens is 7. The van der Waals surface area contributed by atoms with Crippen LogP contribution in [0.3, 0.4) is 0 Å². The highest BCUT2D eigenvalue weighted by molar-refractivity contribution is 6.02. The number of primary amides is 1. The minimum atomic E-state index is -4.78. The van der Waals surface area contributed by atoms with Crippen molar-refractivity contribution in [3.8, 4) is 0 Å². The molecule has 7 nitrogen and oxygen atoms in total. The highest BCUT2D eigenvalue weighted by Gasteiger charge is 2.41. The number of nitrogens with one attached hydrogen (secondary N) is 2. The molecule has 4 N–H and O–H groups in total. The molecule has 14 heteroatoms. The summed E-state index contributed by atoms with van der Waals surface area (Å²) in [4.78, 5) is 39.7. The van der Waals surface area contributed by atoms with E-state index in [2.05, 4.69) is 10.6 Å². The largest absolute Gasteiger partial charge is 0.389 e. The normalized spacial score (nSPS) is 17.5. The number of hydrogen-bond acceptors (Lipinski definition) is 4. The van der Waals surface area contributed by atoms with E-state index in [1.807, 2.05) is 0 Å². The third-order valence-corrected chi connectivity index (χ3v) is 6.24. The number of nitrogens with zero attached hydrogens (tertiary/aromatic N) is 1. The predicted octanol–water partition coefficient (Wildman–Crippen LogP) is 4.80. The molecule has 3 amide bonds. The molecule has 0 saturated carbocycles. The molecule has 0 aromatic heterocycles. The number of anilines is 3. The van der Waals surface area contributed by atoms with Crippen LogP contribution >= 0.6 is 0 Å². The molecule has 1 aliphatic rings. The van der Waals surface area contributed by atoms with Crippen LogP contribution in [0.4, 0.5) is 47.8 Å². The molecule has 1 heterocycles. The van der Waals surface area contributed by atoms with Crippen molar-refractivity contribution in [1.29, 1.82) is 0 Å². The van der Waals surface area contributed by atoms with Crippen LogP contribution in [-0.4, -0.2) is 42.7 Å². The highest BCUT2D eigenvalue weighted by Crippen LogP contribution is 2.36. The SMILES string of the molecule is NC(=O)[C@H](CCC(F)(F)F)[C@H](CCC(F)(F)F)C(=O)N[C@H]1CN(c2ccccc2)c2ccc(F)cc2NC1=O. The molecule has 3 rings (SSSR count). The molecule has 212 valence electrons. The van der Waals surface area contributed by atoms with E-state index in [1.54, 1.807) is 35.2 Å². The average molecular weight is 562 g/mol. The molecule has 0 spiro atoms. The number of carbonyl (C=O) groups is 3. The molecule has 2 aromatic rings. The van der Waals surface area contributed by atoms with Crippen molar-refractivity contribution in [3.63, 3.8) is 0 Å². The van der Waals surface area contributed by atoms with E-state index in [1.165, 1.54) is 6.07 Å². The van der Waals surface area contributed by atoms with Gasteiger partial charge in [0, 0.05) is 30.4 Å². The Bertz CT molecular complexity index is 1190. The Morgan fingerprint density at radius 3 is 2.13 bits per heavy atom. The maximum atomic E-state index is 13.9. The molecule has 0 bridgehead atoms. The number of fused-ring (bicyclic) bond motifs is 1. The molecule has 3 atom stereocenters. The number of hydrogen-bond donors (Lipinski definition) is 3. The number of amides is 3. The van der Waals surface area contributed by atoms with Crippen molar-refractivity contribution in [2.45, 2.75) is 44.1 Å². The number of nitrogens with two attached hydrogens (primary N) is 1. The molecule has 0 radical (unpaired) electrons. The van der Waals surface area contributed by atoms with E-state index in [4.69, 9.17) is 5.73 Å². The smallest absolute Gasteiger partial charge is 0.369 e. The minimum absolute atomic E-state index is 0.0504. The second kappa shape index (κ2) is 11.9. The molecular weight excluding hydrogens is 537 g/mol. The van der Waals surface area contributed by atoms with E-state index in [-0.39, 0.29) is 12.2 Å². The quantitative estimate of drug-likeness (QED) is 0.382. The van der Waals surface area contributed by atoms with Crippen LogP contribution in [0, 0.1) is 17.7 Å². The van der Waals surface area contributed by atoms with Gasteiger partial charge in [-0.1, -0.05) is 18.2 Å². The minimum Gasteiger partial charge on any atom is -0.369 e. The van der Waals surface area contributed by atoms with Crippen molar-refractivity contribution < 1.29 is 45.1 Å². The fourth-order valence-corrected chi connectivity index (χ4v) is 4.36. The molecule has 0 aliphatic carbocycles. The summed E-state index contributed by atoms with van der Waals surface area (Å²) < 4.78 is 91.4. The van der Waals surface area contributed by atoms with Crippen molar-refractivity contribution in [1.82, 2.24) is 5.32 Å². The summed E-state index contributed by atoms with van der Waals surface area (Å²) in [5, 5.41) is 4.74. The van der Waals surface area contributed by atoms with Gasteiger partial charge in [0.05, 0.1) is 17.9 Å². The Labute approximate surface area is 218 Å². The third kappa shape index (κ3) is 8.32. The van der Waals surface area contributed by atoms with Crippen LogP contribution in [0.1, 0.15) is 25.7 Å². The Balaban J connectivity index is 1.92. The summed E-state index contributed by atoms with van der Waals surface area (Å²) in [6.07, 6.45) is -14.7. The summed E-state index contributed by atoms with van der Waals surface area (Å²) in [6.45, 7) is -0.268. The van der Waals surface area contributed by atoms with Crippen LogP contribution < -0.4 is 21.3 Å². The Kier molecular flexibility index (Phi) is 9.07. The van der Waals surface area contributed by atoms with Gasteiger partial charge in [-0.2, -0.15) is 26.3 Å². The Hall–Kier alpha value is -3.84. The number of carbonyl (C=O) groups excluding carboxylic acids is 3. The summed E-state index contributed by atoms with van der Waals surface area (Å²) in [6, 6.07) is 10.5. The van der Waals surface area contributed by atoms with Crippen molar-refractivity contribution >= 4 is 34.8 Å². The number of rotatable bonds is 9. The average Bonchev–Trinajstić information content (AvgIpc) is 2.95. The molecule has 2 aromatic carbocycles. The van der Waals surface area contributed by atoms with Gasteiger partial charge in [0.1, 0.15) is 11.9 Å². The first-order valence-corrected chi connectivity index (χ1v) is 11.8. The van der Waals surface area contributed by atoms with Gasteiger partial charge < -0.3 is 21.3 Å². The topological polar surface area (TPSA) is 105 Å². The van der Waals surface area contributed by atoms with Crippen molar-refractivity contribution in [3.05, 3.63) is 54.3 Å². The summed E-state index contributed by atoms with van der Waals surface area (Å²) in [5.41, 5.74) is 6.13. The van der Waals surface area contributed by atoms with Crippen molar-refractivity contribution in [2.75, 3.05) is 16.8 Å². The monoisotopic (exact) mass is 562 g/mol. The zero-order valence-corrected chi connectivity index (χ0v) is 20.3. The second-order valence-electron chi connectivity index (χ2n) is 9.08. The maximum Gasteiger partial charge on any atom is 0.389 e. The first kappa shape index (κ1) is 29.7. The van der Waals surface area contributed by atoms with E-state index < -0.39 is 79.5 Å². The molecular formula is C25H25F7N4O3. The molecule has 0 unspecified atom stereocenters. The van der Waals surface area contributed by atoms with Crippen LogP contribution in [-0.2, 0) is 14.4 Å². The first-order chi connectivity index (χ1) is 18.1. The second-order valence-corrected chi connectivity index (χ2v) is 9.08. The van der Waals surface area contributed by atoms with Crippen LogP contribution in [0.25, 0.3) is 0 Å². The van der Waals surface area contributed by atoms with Gasteiger partial charge in [-0.15, -0.1) is 0 Å². The standard InChI is InChI=1S/C25H25F7N4O3/c26-14-6-7-20-18(12-14)34-23(39)19(13-36(20)15-4-2-1-3-5-15)35-22(38)17(9-11-25(30,31)32)16(21(33)37)8-10-24(27,28)29/h1-7,12,16-17,19H,8-11,13H2,(H2,33,37)(H,34,39)(H,35,38)/t16-,17+,19+/m1/s1.